The van der Waals surface area contributed by atoms with Crippen LogP contribution >= 0.6 is 0 Å². The van der Waals surface area contributed by atoms with E-state index in [1.165, 1.54) is 17.8 Å². The average Bonchev–Trinajstić information content (AvgIpc) is 3.34. The van der Waals surface area contributed by atoms with Crippen LogP contribution in [-0.4, -0.2) is 81.0 Å². The molecule has 0 amide bonds. The molecule has 6 rings (SSSR count). The fraction of sp³-hybridized carbons (Fsp3) is 0.367. The zero-order valence-corrected chi connectivity index (χ0v) is 23.3. The van der Waals surface area contributed by atoms with Gasteiger partial charge in [-0.1, -0.05) is 24.3 Å². The summed E-state index contributed by atoms with van der Waals surface area (Å²) in [5, 5.41) is 0. The van der Waals surface area contributed by atoms with Crippen molar-refractivity contribution < 1.29 is 21.6 Å². The van der Waals surface area contributed by atoms with E-state index < -0.39 is 21.5 Å². The molecule has 2 aliphatic rings. The standard InChI is InChI=1S/C30H32F2N4O3S/c1-34-8-10-36(11-9-34)23-5-2-4-21(16-23)17-29-33-28-7-3-6-24(30(28)39-29)22-18-26(31)25(27(32)19-22)20-35-12-14-40(37,38)15-13-35/h2-7,16,18-19H,8-15,17,20H2,1H3. The van der Waals surface area contributed by atoms with Crippen molar-refractivity contribution in [2.24, 2.45) is 0 Å². The Labute approximate surface area is 232 Å². The van der Waals surface area contributed by atoms with Gasteiger partial charge in [0, 0.05) is 69.0 Å². The molecule has 40 heavy (non-hydrogen) atoms. The highest BCUT2D eigenvalue weighted by atomic mass is 32.2. The maximum absolute atomic E-state index is 15.2. The summed E-state index contributed by atoms with van der Waals surface area (Å²) in [5.74, 6) is -0.786. The number of piperazine rings is 1. The molecule has 3 heterocycles. The zero-order chi connectivity index (χ0) is 27.9. The normalized spacial score (nSPS) is 18.4. The second-order valence-corrected chi connectivity index (χ2v) is 13.0. The molecule has 0 bridgehead atoms. The van der Waals surface area contributed by atoms with E-state index in [2.05, 4.69) is 40.0 Å². The third kappa shape index (κ3) is 5.75. The number of oxazole rings is 1. The van der Waals surface area contributed by atoms with Crippen molar-refractivity contribution in [3.05, 3.63) is 83.2 Å². The van der Waals surface area contributed by atoms with Crippen LogP contribution in [0.15, 0.2) is 59.0 Å². The van der Waals surface area contributed by atoms with Crippen LogP contribution in [0.5, 0.6) is 0 Å². The molecule has 0 N–H and O–H groups in total. The van der Waals surface area contributed by atoms with Crippen LogP contribution < -0.4 is 4.90 Å². The van der Waals surface area contributed by atoms with Crippen molar-refractivity contribution in [3.63, 3.8) is 0 Å². The number of para-hydroxylation sites is 1. The van der Waals surface area contributed by atoms with Gasteiger partial charge in [-0.15, -0.1) is 0 Å². The van der Waals surface area contributed by atoms with Crippen molar-refractivity contribution in [3.8, 4) is 11.1 Å². The molecule has 210 valence electrons. The molecular weight excluding hydrogens is 534 g/mol. The summed E-state index contributed by atoms with van der Waals surface area (Å²) in [6, 6.07) is 16.4. The highest BCUT2D eigenvalue weighted by Crippen LogP contribution is 2.32. The Morgan fingerprint density at radius 1 is 0.900 bits per heavy atom. The predicted octanol–water partition coefficient (Wildman–Crippen LogP) is 4.35. The summed E-state index contributed by atoms with van der Waals surface area (Å²) in [6.07, 6.45) is 0.503. The Morgan fingerprint density at radius 3 is 2.33 bits per heavy atom. The van der Waals surface area contributed by atoms with E-state index in [4.69, 9.17) is 4.42 Å². The van der Waals surface area contributed by atoms with E-state index in [9.17, 15) is 8.42 Å². The predicted molar refractivity (Wildman–Crippen MR) is 152 cm³/mol. The van der Waals surface area contributed by atoms with Crippen molar-refractivity contribution in [1.82, 2.24) is 14.8 Å². The van der Waals surface area contributed by atoms with E-state index in [0.29, 0.717) is 34.5 Å². The Kier molecular flexibility index (Phi) is 7.33. The van der Waals surface area contributed by atoms with Crippen LogP contribution in [0.2, 0.25) is 0 Å². The van der Waals surface area contributed by atoms with E-state index in [0.717, 1.165) is 31.7 Å². The summed E-state index contributed by atoms with van der Waals surface area (Å²) in [6.45, 7) is 4.59. The lowest BCUT2D eigenvalue weighted by atomic mass is 10.0. The SMILES string of the molecule is CN1CCN(c2cccc(Cc3nc4cccc(-c5cc(F)c(CN6CCS(=O)(=O)CC6)c(F)c5)c4o3)c2)CC1. The molecule has 4 aromatic rings. The molecule has 1 aromatic heterocycles. The molecule has 2 saturated heterocycles. The molecule has 2 aliphatic heterocycles. The van der Waals surface area contributed by atoms with E-state index in [1.54, 1.807) is 17.0 Å². The molecule has 0 spiro atoms. The number of halogens is 2. The Hall–Kier alpha value is -3.34. The maximum atomic E-state index is 15.2. The van der Waals surface area contributed by atoms with Crippen molar-refractivity contribution in [2.45, 2.75) is 13.0 Å². The molecule has 0 unspecified atom stereocenters. The lowest BCUT2D eigenvalue weighted by Gasteiger charge is -2.34. The molecule has 0 atom stereocenters. The Bertz CT molecular complexity index is 1610. The summed E-state index contributed by atoms with van der Waals surface area (Å²) in [7, 11) is -0.931. The maximum Gasteiger partial charge on any atom is 0.199 e. The smallest absolute Gasteiger partial charge is 0.199 e. The van der Waals surface area contributed by atoms with Gasteiger partial charge in [0.05, 0.1) is 11.5 Å². The third-order valence-electron chi connectivity index (χ3n) is 7.86. The zero-order valence-electron chi connectivity index (χ0n) is 22.4. The fourth-order valence-corrected chi connectivity index (χ4v) is 6.72. The topological polar surface area (TPSA) is 69.9 Å². The van der Waals surface area contributed by atoms with E-state index in [-0.39, 0.29) is 36.7 Å². The highest BCUT2D eigenvalue weighted by Gasteiger charge is 2.24. The number of fused-ring (bicyclic) bond motifs is 1. The number of rotatable bonds is 6. The van der Waals surface area contributed by atoms with Gasteiger partial charge in [0.1, 0.15) is 17.2 Å². The number of nitrogens with zero attached hydrogens (tertiary/aromatic N) is 4. The molecule has 3 aromatic carbocycles. The van der Waals surface area contributed by atoms with Gasteiger partial charge in [0.15, 0.2) is 21.3 Å². The second-order valence-electron chi connectivity index (χ2n) is 10.7. The minimum atomic E-state index is -3.07. The van der Waals surface area contributed by atoms with Crippen LogP contribution in [0.4, 0.5) is 14.5 Å². The first-order chi connectivity index (χ1) is 19.2. The summed E-state index contributed by atoms with van der Waals surface area (Å²) >= 11 is 0. The van der Waals surface area contributed by atoms with Crippen LogP contribution in [0.3, 0.4) is 0 Å². The van der Waals surface area contributed by atoms with Crippen molar-refractivity contribution in [2.75, 3.05) is 62.7 Å². The second kappa shape index (κ2) is 10.9. The summed E-state index contributed by atoms with van der Waals surface area (Å²) in [5.41, 5.74) is 4.24. The monoisotopic (exact) mass is 566 g/mol. The molecule has 0 saturated carbocycles. The number of anilines is 1. The number of benzene rings is 3. The van der Waals surface area contributed by atoms with Gasteiger partial charge in [0.2, 0.25) is 0 Å². The molecule has 10 heteroatoms. The van der Waals surface area contributed by atoms with Gasteiger partial charge in [0.25, 0.3) is 0 Å². The first kappa shape index (κ1) is 26.9. The van der Waals surface area contributed by atoms with Gasteiger partial charge >= 0.3 is 0 Å². The van der Waals surface area contributed by atoms with Crippen LogP contribution in [0, 0.1) is 11.6 Å². The van der Waals surface area contributed by atoms with Crippen molar-refractivity contribution in [1.29, 1.82) is 0 Å². The molecular formula is C30H32F2N4O3S. The first-order valence-electron chi connectivity index (χ1n) is 13.6. The lowest BCUT2D eigenvalue weighted by molar-refractivity contribution is 0.278. The van der Waals surface area contributed by atoms with Crippen molar-refractivity contribution >= 4 is 26.6 Å². The number of hydrogen-bond acceptors (Lipinski definition) is 7. The quantitative estimate of drug-likeness (QED) is 0.344. The van der Waals surface area contributed by atoms with Gasteiger partial charge in [-0.25, -0.2) is 22.2 Å². The summed E-state index contributed by atoms with van der Waals surface area (Å²) < 4.78 is 59.9. The van der Waals surface area contributed by atoms with Crippen LogP contribution in [-0.2, 0) is 22.8 Å². The lowest BCUT2D eigenvalue weighted by Crippen LogP contribution is -2.44. The molecule has 2 fully saturated rings. The van der Waals surface area contributed by atoms with Crippen LogP contribution in [0.25, 0.3) is 22.2 Å². The third-order valence-corrected chi connectivity index (χ3v) is 9.47. The number of sulfone groups is 1. The minimum Gasteiger partial charge on any atom is -0.440 e. The molecule has 7 nitrogen and oxygen atoms in total. The summed E-state index contributed by atoms with van der Waals surface area (Å²) in [4.78, 5) is 11.1. The van der Waals surface area contributed by atoms with Gasteiger partial charge in [-0.05, 0) is 48.5 Å². The number of hydrogen-bond donors (Lipinski definition) is 0. The largest absolute Gasteiger partial charge is 0.440 e. The molecule has 0 radical (unpaired) electrons. The number of likely N-dealkylation sites (N-methyl/N-ethyl adjacent to an activating group) is 1. The Morgan fingerprint density at radius 2 is 1.60 bits per heavy atom. The van der Waals surface area contributed by atoms with Gasteiger partial charge in [-0.3, -0.25) is 4.90 Å². The minimum absolute atomic E-state index is 0.00426. The first-order valence-corrected chi connectivity index (χ1v) is 15.4. The highest BCUT2D eigenvalue weighted by molar-refractivity contribution is 7.91. The van der Waals surface area contributed by atoms with E-state index in [1.807, 2.05) is 12.1 Å². The van der Waals surface area contributed by atoms with Gasteiger partial charge < -0.3 is 14.2 Å². The Balaban J connectivity index is 1.23. The van der Waals surface area contributed by atoms with Crippen LogP contribution in [0.1, 0.15) is 17.0 Å². The number of aromatic nitrogens is 1. The fourth-order valence-electron chi connectivity index (χ4n) is 5.44. The van der Waals surface area contributed by atoms with E-state index >= 15 is 8.78 Å². The van der Waals surface area contributed by atoms with Gasteiger partial charge in [-0.2, -0.15) is 0 Å². The average molecular weight is 567 g/mol. The molecule has 0 aliphatic carbocycles.